The highest BCUT2D eigenvalue weighted by Crippen LogP contribution is 2.32. The average Bonchev–Trinajstić information content (AvgIpc) is 2.62. The van der Waals surface area contributed by atoms with Crippen molar-refractivity contribution in [3.05, 3.63) is 11.3 Å². The summed E-state index contributed by atoms with van der Waals surface area (Å²) >= 11 is 5.86. The number of anilines is 1. The van der Waals surface area contributed by atoms with Crippen LogP contribution < -0.4 is 15.0 Å². The van der Waals surface area contributed by atoms with Gasteiger partial charge in [0, 0.05) is 25.7 Å². The standard InChI is InChI=1S/C16H22ClN5O4/c17-13-5-19-14-15(20-13)26-8-11-6-21(3-4-22(11)14)16(24)12(23)9-25-7-10-1-2-18-10/h5,10-12,18,23H,1-4,6-9H2. The van der Waals surface area contributed by atoms with E-state index in [0.29, 0.717) is 50.6 Å². The second-order valence-corrected chi connectivity index (χ2v) is 7.14. The summed E-state index contributed by atoms with van der Waals surface area (Å²) in [6.07, 6.45) is 1.42. The molecule has 142 valence electrons. The molecular formula is C16H22ClN5O4. The fourth-order valence-electron chi connectivity index (χ4n) is 3.39. The van der Waals surface area contributed by atoms with E-state index in [4.69, 9.17) is 21.1 Å². The number of hydrogen-bond donors (Lipinski definition) is 2. The molecule has 3 unspecified atom stereocenters. The highest BCUT2D eigenvalue weighted by Gasteiger charge is 2.37. The number of halogens is 1. The number of nitrogens with one attached hydrogen (secondary N) is 1. The summed E-state index contributed by atoms with van der Waals surface area (Å²) in [6, 6.07) is 0.317. The Hall–Kier alpha value is -1.68. The molecule has 3 aliphatic heterocycles. The van der Waals surface area contributed by atoms with Gasteiger partial charge in [-0.3, -0.25) is 4.79 Å². The monoisotopic (exact) mass is 383 g/mol. The molecule has 0 spiro atoms. The molecule has 2 fully saturated rings. The summed E-state index contributed by atoms with van der Waals surface area (Å²) < 4.78 is 11.1. The van der Waals surface area contributed by atoms with Crippen molar-refractivity contribution in [2.45, 2.75) is 24.6 Å². The number of aromatic nitrogens is 2. The fraction of sp³-hybridized carbons (Fsp3) is 0.688. The zero-order chi connectivity index (χ0) is 18.1. The number of fused-ring (bicyclic) bond motifs is 3. The smallest absolute Gasteiger partial charge is 0.259 e. The molecule has 26 heavy (non-hydrogen) atoms. The molecule has 1 amide bonds. The molecule has 1 aromatic rings. The maximum atomic E-state index is 12.5. The minimum atomic E-state index is -1.14. The van der Waals surface area contributed by atoms with E-state index in [-0.39, 0.29) is 23.7 Å². The number of ether oxygens (including phenoxy) is 2. The molecule has 0 aromatic carbocycles. The quantitative estimate of drug-likeness (QED) is 0.687. The van der Waals surface area contributed by atoms with E-state index in [9.17, 15) is 9.90 Å². The third-order valence-electron chi connectivity index (χ3n) is 4.98. The van der Waals surface area contributed by atoms with Crippen LogP contribution in [0.1, 0.15) is 6.42 Å². The molecule has 3 atom stereocenters. The van der Waals surface area contributed by atoms with E-state index in [0.717, 1.165) is 13.0 Å². The summed E-state index contributed by atoms with van der Waals surface area (Å²) in [5.41, 5.74) is 0. The zero-order valence-electron chi connectivity index (χ0n) is 14.3. The third kappa shape index (κ3) is 3.57. The summed E-state index contributed by atoms with van der Waals surface area (Å²) in [5, 5.41) is 13.6. The lowest BCUT2D eigenvalue weighted by Gasteiger charge is -2.44. The van der Waals surface area contributed by atoms with Gasteiger partial charge in [-0.05, 0) is 13.0 Å². The van der Waals surface area contributed by atoms with Gasteiger partial charge in [-0.25, -0.2) is 4.98 Å². The van der Waals surface area contributed by atoms with Crippen molar-refractivity contribution in [2.75, 3.05) is 50.9 Å². The molecule has 1 aromatic heterocycles. The largest absolute Gasteiger partial charge is 0.473 e. The van der Waals surface area contributed by atoms with Crippen LogP contribution in [0, 0.1) is 0 Å². The first kappa shape index (κ1) is 17.7. The predicted octanol–water partition coefficient (Wildman–Crippen LogP) is -0.721. The van der Waals surface area contributed by atoms with Crippen LogP contribution >= 0.6 is 11.6 Å². The highest BCUT2D eigenvalue weighted by atomic mass is 35.5. The molecule has 0 saturated carbocycles. The third-order valence-corrected chi connectivity index (χ3v) is 5.16. The van der Waals surface area contributed by atoms with Crippen LogP contribution in [0.5, 0.6) is 5.88 Å². The van der Waals surface area contributed by atoms with Gasteiger partial charge in [0.2, 0.25) is 0 Å². The predicted molar refractivity (Wildman–Crippen MR) is 93.5 cm³/mol. The summed E-state index contributed by atoms with van der Waals surface area (Å²) in [6.45, 7) is 3.50. The topological polar surface area (TPSA) is 100 Å². The lowest BCUT2D eigenvalue weighted by molar-refractivity contribution is -0.144. The number of hydrogen-bond acceptors (Lipinski definition) is 8. The van der Waals surface area contributed by atoms with Gasteiger partial charge in [0.25, 0.3) is 11.8 Å². The number of amides is 1. The number of nitrogens with zero attached hydrogens (tertiary/aromatic N) is 4. The average molecular weight is 384 g/mol. The minimum absolute atomic E-state index is 0.0190. The van der Waals surface area contributed by atoms with Crippen LogP contribution in [-0.4, -0.2) is 90.1 Å². The van der Waals surface area contributed by atoms with Crippen LogP contribution in [0.2, 0.25) is 5.15 Å². The number of carbonyl (C=O) groups is 1. The van der Waals surface area contributed by atoms with Gasteiger partial charge in [0.1, 0.15) is 6.61 Å². The molecule has 4 heterocycles. The number of aliphatic hydroxyl groups is 1. The Morgan fingerprint density at radius 1 is 1.54 bits per heavy atom. The fourth-order valence-corrected chi connectivity index (χ4v) is 3.51. The molecule has 0 aliphatic carbocycles. The van der Waals surface area contributed by atoms with Crippen LogP contribution in [0.4, 0.5) is 5.82 Å². The number of aliphatic hydroxyl groups excluding tert-OH is 1. The maximum Gasteiger partial charge on any atom is 0.259 e. The van der Waals surface area contributed by atoms with Crippen LogP contribution in [0.25, 0.3) is 0 Å². The van der Waals surface area contributed by atoms with E-state index in [1.807, 2.05) is 0 Å². The van der Waals surface area contributed by atoms with Crippen molar-refractivity contribution in [1.29, 1.82) is 0 Å². The van der Waals surface area contributed by atoms with E-state index in [1.165, 1.54) is 6.20 Å². The molecule has 4 rings (SSSR count). The van der Waals surface area contributed by atoms with Gasteiger partial charge < -0.3 is 29.7 Å². The van der Waals surface area contributed by atoms with Gasteiger partial charge in [0.05, 0.1) is 25.5 Å². The molecule has 0 radical (unpaired) electrons. The van der Waals surface area contributed by atoms with E-state index < -0.39 is 6.10 Å². The summed E-state index contributed by atoms with van der Waals surface area (Å²) in [4.78, 5) is 24.7. The number of piperazine rings is 1. The first-order valence-corrected chi connectivity index (χ1v) is 9.19. The van der Waals surface area contributed by atoms with E-state index in [1.54, 1.807) is 4.90 Å². The Balaban J connectivity index is 1.31. The first-order valence-electron chi connectivity index (χ1n) is 8.82. The normalized spacial score (nSPS) is 25.6. The Morgan fingerprint density at radius 3 is 3.15 bits per heavy atom. The Labute approximate surface area is 156 Å². The van der Waals surface area contributed by atoms with Crippen LogP contribution in [0.3, 0.4) is 0 Å². The zero-order valence-corrected chi connectivity index (χ0v) is 15.1. The maximum absolute atomic E-state index is 12.5. The Bertz CT molecular complexity index is 674. The second-order valence-electron chi connectivity index (χ2n) is 6.76. The molecule has 3 aliphatic rings. The van der Waals surface area contributed by atoms with Gasteiger partial charge >= 0.3 is 0 Å². The Morgan fingerprint density at radius 2 is 2.38 bits per heavy atom. The molecular weight excluding hydrogens is 362 g/mol. The van der Waals surface area contributed by atoms with Gasteiger partial charge in [0.15, 0.2) is 17.1 Å². The first-order chi connectivity index (χ1) is 12.6. The number of rotatable bonds is 5. The highest BCUT2D eigenvalue weighted by molar-refractivity contribution is 6.29. The van der Waals surface area contributed by atoms with Crippen LogP contribution in [-0.2, 0) is 9.53 Å². The van der Waals surface area contributed by atoms with Crippen molar-refractivity contribution in [3.63, 3.8) is 0 Å². The van der Waals surface area contributed by atoms with Crippen molar-refractivity contribution < 1.29 is 19.4 Å². The van der Waals surface area contributed by atoms with Crippen LogP contribution in [0.15, 0.2) is 6.20 Å². The van der Waals surface area contributed by atoms with Gasteiger partial charge in [-0.15, -0.1) is 0 Å². The lowest BCUT2D eigenvalue weighted by Crippen LogP contribution is -2.60. The van der Waals surface area contributed by atoms with Crippen molar-refractivity contribution in [2.24, 2.45) is 0 Å². The molecule has 2 N–H and O–H groups in total. The SMILES string of the molecule is O=C(C(O)COCC1CCN1)N1CCN2c3ncc(Cl)nc3OCC2C1. The van der Waals surface area contributed by atoms with E-state index in [2.05, 4.69) is 20.2 Å². The van der Waals surface area contributed by atoms with E-state index >= 15 is 0 Å². The lowest BCUT2D eigenvalue weighted by atomic mass is 10.1. The Kier molecular flexibility index (Phi) is 5.12. The molecule has 2 saturated heterocycles. The van der Waals surface area contributed by atoms with Crippen molar-refractivity contribution >= 4 is 23.3 Å². The molecule has 0 bridgehead atoms. The van der Waals surface area contributed by atoms with Crippen molar-refractivity contribution in [3.8, 4) is 5.88 Å². The summed E-state index contributed by atoms with van der Waals surface area (Å²) in [7, 11) is 0. The number of carbonyl (C=O) groups excluding carboxylic acids is 1. The van der Waals surface area contributed by atoms with Gasteiger partial charge in [-0.1, -0.05) is 11.6 Å². The van der Waals surface area contributed by atoms with Crippen molar-refractivity contribution in [1.82, 2.24) is 20.2 Å². The minimum Gasteiger partial charge on any atom is -0.473 e. The molecule has 9 nitrogen and oxygen atoms in total. The second kappa shape index (κ2) is 7.51. The molecule has 10 heteroatoms. The summed E-state index contributed by atoms with van der Waals surface area (Å²) in [5.74, 6) is 0.764. The van der Waals surface area contributed by atoms with Gasteiger partial charge in [-0.2, -0.15) is 4.98 Å².